The molecule has 0 spiro atoms. The zero-order valence-electron chi connectivity index (χ0n) is 6.52. The minimum absolute atomic E-state index is 0.453. The molecule has 0 bridgehead atoms. The minimum atomic E-state index is -1.30. The van der Waals surface area contributed by atoms with Crippen molar-refractivity contribution >= 4 is 11.8 Å². The maximum atomic E-state index is 10.5. The van der Waals surface area contributed by atoms with Crippen LogP contribution in [0.2, 0.25) is 0 Å². The standard InChI is InChI=1S/C7H6N4O2/c8-2-4(6(10)12)1-5(3-9)7(11)13/h1,4H,(H2,10,12)(H2,11,13). The lowest BCUT2D eigenvalue weighted by Gasteiger charge is -1.96. The third-order valence-corrected chi connectivity index (χ3v) is 1.16. The Bertz CT molecular complexity index is 344. The van der Waals surface area contributed by atoms with Crippen LogP contribution in [0, 0.1) is 28.6 Å². The summed E-state index contributed by atoms with van der Waals surface area (Å²) in [6.45, 7) is 0. The maximum absolute atomic E-state index is 10.5. The molecule has 66 valence electrons. The molecule has 0 saturated heterocycles. The van der Waals surface area contributed by atoms with E-state index in [0.29, 0.717) is 0 Å². The van der Waals surface area contributed by atoms with Crippen molar-refractivity contribution in [3.8, 4) is 12.1 Å². The lowest BCUT2D eigenvalue weighted by Crippen LogP contribution is -2.22. The summed E-state index contributed by atoms with van der Waals surface area (Å²) in [7, 11) is 0. The van der Waals surface area contributed by atoms with Gasteiger partial charge in [-0.15, -0.1) is 0 Å². The molecular weight excluding hydrogens is 172 g/mol. The molecular formula is C7H6N4O2. The van der Waals surface area contributed by atoms with Crippen LogP contribution in [0.15, 0.2) is 11.6 Å². The zero-order chi connectivity index (χ0) is 10.4. The van der Waals surface area contributed by atoms with Crippen LogP contribution in [0.25, 0.3) is 0 Å². The van der Waals surface area contributed by atoms with Crippen molar-refractivity contribution in [2.75, 3.05) is 0 Å². The zero-order valence-corrected chi connectivity index (χ0v) is 6.52. The van der Waals surface area contributed by atoms with Gasteiger partial charge >= 0.3 is 0 Å². The number of nitriles is 2. The first kappa shape index (κ1) is 10.7. The van der Waals surface area contributed by atoms with E-state index in [9.17, 15) is 9.59 Å². The van der Waals surface area contributed by atoms with Crippen LogP contribution in [0.4, 0.5) is 0 Å². The van der Waals surface area contributed by atoms with Gasteiger partial charge in [-0.3, -0.25) is 9.59 Å². The van der Waals surface area contributed by atoms with E-state index in [4.69, 9.17) is 22.0 Å². The Morgan fingerprint density at radius 3 is 2.08 bits per heavy atom. The fraction of sp³-hybridized carbons (Fsp3) is 0.143. The van der Waals surface area contributed by atoms with Crippen LogP contribution in [0.5, 0.6) is 0 Å². The number of hydrogen-bond donors (Lipinski definition) is 2. The fourth-order valence-electron chi connectivity index (χ4n) is 0.524. The summed E-state index contributed by atoms with van der Waals surface area (Å²) in [4.78, 5) is 21.0. The van der Waals surface area contributed by atoms with Gasteiger partial charge in [-0.1, -0.05) is 0 Å². The van der Waals surface area contributed by atoms with E-state index in [1.165, 1.54) is 12.1 Å². The second-order valence-electron chi connectivity index (χ2n) is 2.07. The number of hydrogen-bond acceptors (Lipinski definition) is 4. The smallest absolute Gasteiger partial charge is 0.259 e. The quantitative estimate of drug-likeness (QED) is 0.403. The molecule has 0 aromatic heterocycles. The fourth-order valence-corrected chi connectivity index (χ4v) is 0.524. The minimum Gasteiger partial charge on any atom is -0.368 e. The largest absolute Gasteiger partial charge is 0.368 e. The second-order valence-corrected chi connectivity index (χ2v) is 2.07. The SMILES string of the molecule is N#CC(=CC(C#N)C(N)=O)C(N)=O. The van der Waals surface area contributed by atoms with Crippen molar-refractivity contribution in [3.05, 3.63) is 11.6 Å². The Hall–Kier alpha value is -2.34. The average molecular weight is 178 g/mol. The molecule has 1 atom stereocenters. The van der Waals surface area contributed by atoms with Crippen molar-refractivity contribution in [1.29, 1.82) is 10.5 Å². The molecule has 0 aliphatic heterocycles. The third kappa shape index (κ3) is 3.04. The van der Waals surface area contributed by atoms with Crippen LogP contribution < -0.4 is 11.5 Å². The first-order valence-electron chi connectivity index (χ1n) is 3.13. The summed E-state index contributed by atoms with van der Waals surface area (Å²) in [5.74, 6) is -3.23. The highest BCUT2D eigenvalue weighted by Gasteiger charge is 2.14. The molecule has 0 saturated carbocycles. The number of carbonyl (C=O) groups is 2. The van der Waals surface area contributed by atoms with Crippen molar-refractivity contribution in [2.45, 2.75) is 0 Å². The molecule has 2 amide bonds. The monoisotopic (exact) mass is 178 g/mol. The van der Waals surface area contributed by atoms with E-state index in [2.05, 4.69) is 0 Å². The maximum Gasteiger partial charge on any atom is 0.259 e. The number of primary amides is 2. The lowest BCUT2D eigenvalue weighted by molar-refractivity contribution is -0.119. The Kier molecular flexibility index (Phi) is 3.71. The molecule has 4 N–H and O–H groups in total. The van der Waals surface area contributed by atoms with Gasteiger partial charge in [0.15, 0.2) is 0 Å². The van der Waals surface area contributed by atoms with E-state index in [-0.39, 0.29) is 0 Å². The van der Waals surface area contributed by atoms with Crippen molar-refractivity contribution < 1.29 is 9.59 Å². The van der Waals surface area contributed by atoms with Crippen LogP contribution >= 0.6 is 0 Å². The summed E-state index contributed by atoms with van der Waals surface area (Å²) < 4.78 is 0. The molecule has 0 rings (SSSR count). The van der Waals surface area contributed by atoms with Gasteiger partial charge in [0.1, 0.15) is 17.6 Å². The van der Waals surface area contributed by atoms with Gasteiger partial charge in [0.05, 0.1) is 6.07 Å². The lowest BCUT2D eigenvalue weighted by atomic mass is 10.1. The van der Waals surface area contributed by atoms with Crippen LogP contribution in [0.3, 0.4) is 0 Å². The Labute approximate surface area is 74.0 Å². The van der Waals surface area contributed by atoms with Gasteiger partial charge in [-0.05, 0) is 6.08 Å². The number of nitrogens with zero attached hydrogens (tertiary/aromatic N) is 2. The summed E-state index contributed by atoms with van der Waals surface area (Å²) >= 11 is 0. The Balaban J connectivity index is 4.92. The van der Waals surface area contributed by atoms with E-state index in [0.717, 1.165) is 6.08 Å². The van der Waals surface area contributed by atoms with Crippen molar-refractivity contribution in [3.63, 3.8) is 0 Å². The van der Waals surface area contributed by atoms with E-state index >= 15 is 0 Å². The molecule has 0 aliphatic rings. The van der Waals surface area contributed by atoms with Crippen molar-refractivity contribution in [2.24, 2.45) is 17.4 Å². The predicted octanol–water partition coefficient (Wildman–Crippen LogP) is -1.45. The first-order chi connectivity index (χ1) is 6.02. The predicted molar refractivity (Wildman–Crippen MR) is 41.2 cm³/mol. The normalized spacial score (nSPS) is 12.3. The topological polar surface area (TPSA) is 134 Å². The van der Waals surface area contributed by atoms with Gasteiger partial charge in [-0.2, -0.15) is 10.5 Å². The first-order valence-corrected chi connectivity index (χ1v) is 3.13. The average Bonchev–Trinajstić information content (AvgIpc) is 2.05. The summed E-state index contributed by atoms with van der Waals surface area (Å²) in [6, 6.07) is 2.96. The van der Waals surface area contributed by atoms with Crippen LogP contribution in [0.1, 0.15) is 0 Å². The van der Waals surface area contributed by atoms with Gasteiger partial charge in [0.2, 0.25) is 5.91 Å². The summed E-state index contributed by atoms with van der Waals surface area (Å²) in [5, 5.41) is 16.7. The van der Waals surface area contributed by atoms with E-state index in [1.54, 1.807) is 0 Å². The Morgan fingerprint density at radius 2 is 1.85 bits per heavy atom. The molecule has 6 nitrogen and oxygen atoms in total. The highest BCUT2D eigenvalue weighted by atomic mass is 16.1. The highest BCUT2D eigenvalue weighted by Crippen LogP contribution is 2.01. The molecule has 1 unspecified atom stereocenters. The van der Waals surface area contributed by atoms with Crippen LogP contribution in [-0.4, -0.2) is 11.8 Å². The van der Waals surface area contributed by atoms with Gasteiger partial charge < -0.3 is 11.5 Å². The molecule has 0 aromatic rings. The molecule has 0 radical (unpaired) electrons. The highest BCUT2D eigenvalue weighted by molar-refractivity contribution is 5.97. The molecule has 13 heavy (non-hydrogen) atoms. The number of rotatable bonds is 3. The molecule has 6 heteroatoms. The molecule has 0 fully saturated rings. The van der Waals surface area contributed by atoms with Gasteiger partial charge in [0.25, 0.3) is 5.91 Å². The second kappa shape index (κ2) is 4.52. The number of amides is 2. The summed E-state index contributed by atoms with van der Waals surface area (Å²) in [6.07, 6.45) is 0.838. The van der Waals surface area contributed by atoms with Gasteiger partial charge in [0, 0.05) is 0 Å². The van der Waals surface area contributed by atoms with E-state index < -0.39 is 23.3 Å². The van der Waals surface area contributed by atoms with E-state index in [1.807, 2.05) is 0 Å². The Morgan fingerprint density at radius 1 is 1.31 bits per heavy atom. The molecule has 0 aromatic carbocycles. The van der Waals surface area contributed by atoms with Crippen LogP contribution in [-0.2, 0) is 9.59 Å². The number of carbonyl (C=O) groups excluding carboxylic acids is 2. The van der Waals surface area contributed by atoms with Crippen molar-refractivity contribution in [1.82, 2.24) is 0 Å². The van der Waals surface area contributed by atoms with Gasteiger partial charge in [-0.25, -0.2) is 0 Å². The third-order valence-electron chi connectivity index (χ3n) is 1.16. The molecule has 0 heterocycles. The molecule has 0 aliphatic carbocycles. The number of nitrogens with two attached hydrogens (primary N) is 2. The summed E-state index contributed by atoms with van der Waals surface area (Å²) in [5.41, 5.74) is 9.09.